The van der Waals surface area contributed by atoms with Gasteiger partial charge in [-0.3, -0.25) is 9.59 Å². The third kappa shape index (κ3) is 18.9. The summed E-state index contributed by atoms with van der Waals surface area (Å²) in [5.41, 5.74) is 0. The zero-order chi connectivity index (χ0) is 17.4. The van der Waals surface area contributed by atoms with Crippen molar-refractivity contribution in [1.82, 2.24) is 0 Å². The lowest BCUT2D eigenvalue weighted by molar-refractivity contribution is -0.142. The van der Waals surface area contributed by atoms with E-state index in [9.17, 15) is 9.59 Å². The molecule has 0 spiro atoms. The first-order valence-corrected chi connectivity index (χ1v) is 7.69. The third-order valence-electron chi connectivity index (χ3n) is 3.00. The molecule has 0 aliphatic rings. The molecule has 0 N–H and O–H groups in total. The molecule has 22 heavy (non-hydrogen) atoms. The third-order valence-corrected chi connectivity index (χ3v) is 3.00. The molecular weight excluding hydrogens is 288 g/mol. The lowest BCUT2D eigenvalue weighted by Crippen LogP contribution is -2.13. The molecule has 6 nitrogen and oxygen atoms in total. The summed E-state index contributed by atoms with van der Waals surface area (Å²) >= 11 is 0. The topological polar surface area (TPSA) is 71.1 Å². The lowest BCUT2D eigenvalue weighted by Gasteiger charge is -2.11. The average molecular weight is 320 g/mol. The molecule has 132 valence electrons. The second-order valence-electron chi connectivity index (χ2n) is 4.92. The van der Waals surface area contributed by atoms with Gasteiger partial charge in [-0.25, -0.2) is 0 Å². The van der Waals surface area contributed by atoms with Crippen molar-refractivity contribution < 1.29 is 28.5 Å². The van der Waals surface area contributed by atoms with E-state index < -0.39 is 0 Å². The smallest absolute Gasteiger partial charge is 0.302 e. The van der Waals surface area contributed by atoms with Crippen LogP contribution in [0.15, 0.2) is 0 Å². The number of hydrogen-bond donors (Lipinski definition) is 0. The van der Waals surface area contributed by atoms with Crippen molar-refractivity contribution in [3.63, 3.8) is 0 Å². The Morgan fingerprint density at radius 3 is 1.86 bits per heavy atom. The number of carbonyl (C=O) groups excluding carboxylic acids is 2. The van der Waals surface area contributed by atoms with Crippen LogP contribution in [0, 0.1) is 0 Å². The minimum atomic E-state index is -0.226. The van der Waals surface area contributed by atoms with Crippen LogP contribution in [0.4, 0.5) is 0 Å². The van der Waals surface area contributed by atoms with Gasteiger partial charge in [0.15, 0.2) is 0 Å². The largest absolute Gasteiger partial charge is 0.466 e. The van der Waals surface area contributed by atoms with Crippen molar-refractivity contribution in [2.24, 2.45) is 0 Å². The summed E-state index contributed by atoms with van der Waals surface area (Å²) in [6, 6.07) is 0. The standard InChI is InChI=1S/2C8H16O3/c1-7(10-3)5-4-6-11-8(2)9;1-4-8(10-3)5-6-11-7(2)9/h7H,4-6H2,1-3H3;8H,4-6H2,1-3H3. The monoisotopic (exact) mass is 320 g/mol. The average Bonchev–Trinajstić information content (AvgIpc) is 2.48. The summed E-state index contributed by atoms with van der Waals surface area (Å²) in [5.74, 6) is -0.439. The van der Waals surface area contributed by atoms with Gasteiger partial charge in [-0.1, -0.05) is 6.92 Å². The normalized spacial score (nSPS) is 12.6. The van der Waals surface area contributed by atoms with Crippen LogP contribution >= 0.6 is 0 Å². The summed E-state index contributed by atoms with van der Waals surface area (Å²) in [5, 5.41) is 0. The van der Waals surface area contributed by atoms with Crippen LogP contribution in [0.25, 0.3) is 0 Å². The van der Waals surface area contributed by atoms with E-state index in [1.165, 1.54) is 13.8 Å². The highest BCUT2D eigenvalue weighted by Crippen LogP contribution is 2.01. The summed E-state index contributed by atoms with van der Waals surface area (Å²) in [7, 11) is 3.35. The Hall–Kier alpha value is -1.14. The van der Waals surface area contributed by atoms with E-state index >= 15 is 0 Å². The van der Waals surface area contributed by atoms with E-state index in [0.29, 0.717) is 13.2 Å². The van der Waals surface area contributed by atoms with Crippen LogP contribution in [-0.2, 0) is 28.5 Å². The second kappa shape index (κ2) is 16.2. The maximum absolute atomic E-state index is 10.3. The lowest BCUT2D eigenvalue weighted by atomic mass is 10.2. The molecule has 0 heterocycles. The van der Waals surface area contributed by atoms with Gasteiger partial charge in [-0.05, 0) is 26.2 Å². The Bertz CT molecular complexity index is 276. The SMILES string of the molecule is CCC(CCOC(C)=O)OC.COC(C)CCCOC(C)=O. The molecule has 0 aromatic heterocycles. The fourth-order valence-electron chi connectivity index (χ4n) is 1.53. The summed E-state index contributed by atoms with van der Waals surface area (Å²) in [4.78, 5) is 20.6. The van der Waals surface area contributed by atoms with Gasteiger partial charge in [0.1, 0.15) is 0 Å². The van der Waals surface area contributed by atoms with E-state index in [1.807, 2.05) is 13.8 Å². The van der Waals surface area contributed by atoms with Gasteiger partial charge in [0.25, 0.3) is 0 Å². The van der Waals surface area contributed by atoms with Crippen molar-refractivity contribution in [2.75, 3.05) is 27.4 Å². The quantitative estimate of drug-likeness (QED) is 0.455. The molecule has 0 aromatic carbocycles. The number of ether oxygens (including phenoxy) is 4. The molecule has 0 aliphatic heterocycles. The molecule has 0 aromatic rings. The molecule has 0 radical (unpaired) electrons. The highest BCUT2D eigenvalue weighted by Gasteiger charge is 2.04. The Morgan fingerprint density at radius 1 is 0.909 bits per heavy atom. The van der Waals surface area contributed by atoms with Crippen LogP contribution in [0.5, 0.6) is 0 Å². The maximum Gasteiger partial charge on any atom is 0.302 e. The van der Waals surface area contributed by atoms with Crippen LogP contribution in [0.1, 0.15) is 53.4 Å². The van der Waals surface area contributed by atoms with E-state index in [1.54, 1.807) is 14.2 Å². The molecule has 0 bridgehead atoms. The predicted octanol–water partition coefficient (Wildman–Crippen LogP) is 2.73. The zero-order valence-corrected chi connectivity index (χ0v) is 14.8. The van der Waals surface area contributed by atoms with Gasteiger partial charge < -0.3 is 18.9 Å². The van der Waals surface area contributed by atoms with Crippen LogP contribution in [-0.4, -0.2) is 51.6 Å². The van der Waals surface area contributed by atoms with E-state index in [4.69, 9.17) is 18.9 Å². The highest BCUT2D eigenvalue weighted by atomic mass is 16.5. The number of methoxy groups -OCH3 is 2. The van der Waals surface area contributed by atoms with E-state index in [2.05, 4.69) is 0 Å². The molecule has 0 rings (SSSR count). The molecule has 6 heteroatoms. The van der Waals surface area contributed by atoms with Gasteiger partial charge in [0.05, 0.1) is 25.4 Å². The molecule has 0 saturated heterocycles. The Kier molecular flexibility index (Phi) is 17.1. The molecule has 0 fully saturated rings. The first-order valence-electron chi connectivity index (χ1n) is 7.69. The van der Waals surface area contributed by atoms with E-state index in [-0.39, 0.29) is 24.1 Å². The first-order chi connectivity index (χ1) is 10.4. The number of esters is 2. The Labute approximate surface area is 134 Å². The van der Waals surface area contributed by atoms with Gasteiger partial charge in [-0.2, -0.15) is 0 Å². The summed E-state index contributed by atoms with van der Waals surface area (Å²) < 4.78 is 19.6. The minimum Gasteiger partial charge on any atom is -0.466 e. The van der Waals surface area contributed by atoms with Gasteiger partial charge >= 0.3 is 11.9 Å². The summed E-state index contributed by atoms with van der Waals surface area (Å²) in [6.07, 6.45) is 4.02. The Morgan fingerprint density at radius 2 is 1.45 bits per heavy atom. The van der Waals surface area contributed by atoms with Crippen LogP contribution in [0.2, 0.25) is 0 Å². The summed E-state index contributed by atoms with van der Waals surface area (Å²) in [6.45, 7) is 7.83. The van der Waals surface area contributed by atoms with Crippen molar-refractivity contribution >= 4 is 11.9 Å². The highest BCUT2D eigenvalue weighted by molar-refractivity contribution is 5.66. The van der Waals surface area contributed by atoms with Crippen molar-refractivity contribution in [2.45, 2.75) is 65.6 Å². The fourth-order valence-corrected chi connectivity index (χ4v) is 1.53. The molecule has 0 amide bonds. The van der Waals surface area contributed by atoms with Crippen LogP contribution in [0.3, 0.4) is 0 Å². The van der Waals surface area contributed by atoms with Crippen molar-refractivity contribution in [3.8, 4) is 0 Å². The number of rotatable bonds is 10. The molecule has 2 atom stereocenters. The molecule has 2 unspecified atom stereocenters. The second-order valence-corrected chi connectivity index (χ2v) is 4.92. The minimum absolute atomic E-state index is 0.213. The number of hydrogen-bond acceptors (Lipinski definition) is 6. The zero-order valence-electron chi connectivity index (χ0n) is 14.8. The molecule has 0 aliphatic carbocycles. The van der Waals surface area contributed by atoms with Gasteiger partial charge in [-0.15, -0.1) is 0 Å². The molecular formula is C16H32O6. The number of carbonyl (C=O) groups is 2. The molecule has 0 saturated carbocycles. The predicted molar refractivity (Wildman–Crippen MR) is 84.7 cm³/mol. The van der Waals surface area contributed by atoms with E-state index in [0.717, 1.165) is 25.7 Å². The van der Waals surface area contributed by atoms with Crippen LogP contribution < -0.4 is 0 Å². The van der Waals surface area contributed by atoms with Gasteiger partial charge in [0, 0.05) is 34.5 Å². The Balaban J connectivity index is 0. The first kappa shape index (κ1) is 23.1. The van der Waals surface area contributed by atoms with Gasteiger partial charge in [0.2, 0.25) is 0 Å². The van der Waals surface area contributed by atoms with Crippen molar-refractivity contribution in [1.29, 1.82) is 0 Å². The van der Waals surface area contributed by atoms with Crippen molar-refractivity contribution in [3.05, 3.63) is 0 Å². The fraction of sp³-hybridized carbons (Fsp3) is 0.875. The maximum atomic E-state index is 10.3.